The molecule has 1 aliphatic heterocycles. The van der Waals surface area contributed by atoms with Crippen LogP contribution in [0.3, 0.4) is 0 Å². The van der Waals surface area contributed by atoms with E-state index >= 15 is 0 Å². The summed E-state index contributed by atoms with van der Waals surface area (Å²) in [4.78, 5) is 12.7. The number of nitrogens with two attached hydrogens (primary N) is 1. The third kappa shape index (κ3) is 4.48. The fraction of sp³-hybridized carbons (Fsp3) is 0.650. The average molecular weight is 362 g/mol. The number of ether oxygens (including phenoxy) is 3. The predicted octanol–water partition coefficient (Wildman–Crippen LogP) is 2.64. The Morgan fingerprint density at radius 1 is 1.31 bits per heavy atom. The second kappa shape index (κ2) is 8.73. The number of amides is 1. The fourth-order valence-corrected chi connectivity index (χ4v) is 3.95. The number of benzene rings is 1. The van der Waals surface area contributed by atoms with Gasteiger partial charge in [-0.15, -0.1) is 0 Å². The van der Waals surface area contributed by atoms with Crippen molar-refractivity contribution in [2.75, 3.05) is 26.9 Å². The van der Waals surface area contributed by atoms with Crippen molar-refractivity contribution in [2.45, 2.75) is 56.6 Å². The van der Waals surface area contributed by atoms with E-state index in [0.29, 0.717) is 36.8 Å². The average Bonchev–Trinajstić information content (AvgIpc) is 3.04. The molecule has 0 unspecified atom stereocenters. The zero-order chi connectivity index (χ0) is 18.4. The Morgan fingerprint density at radius 3 is 2.85 bits per heavy atom. The van der Waals surface area contributed by atoms with Gasteiger partial charge in [0.05, 0.1) is 32.0 Å². The predicted molar refractivity (Wildman–Crippen MR) is 99.8 cm³/mol. The van der Waals surface area contributed by atoms with Gasteiger partial charge >= 0.3 is 0 Å². The molecule has 1 heterocycles. The Balaban J connectivity index is 1.61. The summed E-state index contributed by atoms with van der Waals surface area (Å²) in [5, 5.41) is 3.12. The Morgan fingerprint density at radius 2 is 2.12 bits per heavy atom. The molecule has 1 saturated heterocycles. The standard InChI is InChI=1S/C20H30N2O4/c1-24-17-7-6-15(12-18(17)25-11-5-10-21)19(23)22-16-13-20(26-14-16)8-3-2-4-9-20/h6-7,12,16H,2-5,8-11,13-14,21H2,1H3,(H,22,23)/t16-/m1/s1. The molecule has 26 heavy (non-hydrogen) atoms. The third-order valence-corrected chi connectivity index (χ3v) is 5.34. The summed E-state index contributed by atoms with van der Waals surface area (Å²) < 4.78 is 17.1. The van der Waals surface area contributed by atoms with Gasteiger partial charge in [0.25, 0.3) is 5.91 Å². The molecular formula is C20H30N2O4. The van der Waals surface area contributed by atoms with Crippen molar-refractivity contribution in [1.29, 1.82) is 0 Å². The summed E-state index contributed by atoms with van der Waals surface area (Å²) in [6.07, 6.45) is 7.63. The molecule has 3 rings (SSSR count). The van der Waals surface area contributed by atoms with Crippen molar-refractivity contribution >= 4 is 5.91 Å². The van der Waals surface area contributed by atoms with Crippen molar-refractivity contribution < 1.29 is 19.0 Å². The van der Waals surface area contributed by atoms with Gasteiger partial charge in [0, 0.05) is 5.56 Å². The van der Waals surface area contributed by atoms with E-state index in [2.05, 4.69) is 5.32 Å². The lowest BCUT2D eigenvalue weighted by Crippen LogP contribution is -2.37. The maximum atomic E-state index is 12.7. The highest BCUT2D eigenvalue weighted by atomic mass is 16.5. The molecule has 2 aliphatic rings. The summed E-state index contributed by atoms with van der Waals surface area (Å²) in [6, 6.07) is 5.33. The van der Waals surface area contributed by atoms with Crippen molar-refractivity contribution in [3.63, 3.8) is 0 Å². The fourth-order valence-electron chi connectivity index (χ4n) is 3.95. The summed E-state index contributed by atoms with van der Waals surface area (Å²) in [7, 11) is 1.59. The molecule has 2 fully saturated rings. The van der Waals surface area contributed by atoms with Crippen LogP contribution < -0.4 is 20.5 Å². The SMILES string of the molecule is COc1ccc(C(=O)N[C@H]2COC3(CCCCC3)C2)cc1OCCCN. The molecule has 1 atom stereocenters. The summed E-state index contributed by atoms with van der Waals surface area (Å²) in [5.41, 5.74) is 6.06. The van der Waals surface area contributed by atoms with E-state index in [1.165, 1.54) is 19.3 Å². The lowest BCUT2D eigenvalue weighted by atomic mass is 9.82. The second-order valence-corrected chi connectivity index (χ2v) is 7.29. The van der Waals surface area contributed by atoms with Gasteiger partial charge in [-0.3, -0.25) is 4.79 Å². The molecule has 1 spiro atoms. The van der Waals surface area contributed by atoms with Crippen LogP contribution in [-0.2, 0) is 4.74 Å². The number of nitrogens with one attached hydrogen (secondary N) is 1. The Labute approximate surface area is 155 Å². The normalized spacial score (nSPS) is 21.5. The van der Waals surface area contributed by atoms with Gasteiger partial charge in [0.15, 0.2) is 11.5 Å². The monoisotopic (exact) mass is 362 g/mol. The smallest absolute Gasteiger partial charge is 0.251 e. The first-order valence-electron chi connectivity index (χ1n) is 9.61. The van der Waals surface area contributed by atoms with Crippen LogP contribution in [0.1, 0.15) is 55.3 Å². The molecule has 6 heteroatoms. The number of carbonyl (C=O) groups excluding carboxylic acids is 1. The van der Waals surface area contributed by atoms with E-state index in [1.807, 2.05) is 0 Å². The molecular weight excluding hydrogens is 332 g/mol. The van der Waals surface area contributed by atoms with E-state index in [0.717, 1.165) is 25.7 Å². The summed E-state index contributed by atoms with van der Waals surface area (Å²) in [5.74, 6) is 1.08. The van der Waals surface area contributed by atoms with Gasteiger partial charge < -0.3 is 25.3 Å². The number of hydrogen-bond donors (Lipinski definition) is 2. The van der Waals surface area contributed by atoms with Gasteiger partial charge in [-0.25, -0.2) is 0 Å². The number of carbonyl (C=O) groups is 1. The Bertz CT molecular complexity index is 614. The Hall–Kier alpha value is -1.79. The molecule has 1 aromatic carbocycles. The van der Waals surface area contributed by atoms with Crippen LogP contribution in [0.5, 0.6) is 11.5 Å². The summed E-state index contributed by atoms with van der Waals surface area (Å²) >= 11 is 0. The minimum absolute atomic E-state index is 0.00734. The van der Waals surface area contributed by atoms with Crippen LogP contribution in [0, 0.1) is 0 Å². The lowest BCUT2D eigenvalue weighted by molar-refractivity contribution is -0.0246. The van der Waals surface area contributed by atoms with Gasteiger partial charge in [-0.2, -0.15) is 0 Å². The topological polar surface area (TPSA) is 82.8 Å². The van der Waals surface area contributed by atoms with E-state index in [9.17, 15) is 4.79 Å². The molecule has 0 aromatic heterocycles. The van der Waals surface area contributed by atoms with E-state index < -0.39 is 0 Å². The number of rotatable bonds is 7. The number of hydrogen-bond acceptors (Lipinski definition) is 5. The zero-order valence-corrected chi connectivity index (χ0v) is 15.6. The highest BCUT2D eigenvalue weighted by Crippen LogP contribution is 2.39. The molecule has 0 radical (unpaired) electrons. The second-order valence-electron chi connectivity index (χ2n) is 7.29. The van der Waals surface area contributed by atoms with Crippen molar-refractivity contribution in [3.05, 3.63) is 23.8 Å². The van der Waals surface area contributed by atoms with E-state index in [4.69, 9.17) is 19.9 Å². The van der Waals surface area contributed by atoms with Gasteiger partial charge in [0.1, 0.15) is 0 Å². The molecule has 1 aromatic rings. The Kier molecular flexibility index (Phi) is 6.38. The first-order valence-corrected chi connectivity index (χ1v) is 9.61. The van der Waals surface area contributed by atoms with Crippen LogP contribution in [-0.4, -0.2) is 44.4 Å². The highest BCUT2D eigenvalue weighted by molar-refractivity contribution is 5.95. The largest absolute Gasteiger partial charge is 0.493 e. The molecule has 0 bridgehead atoms. The molecule has 6 nitrogen and oxygen atoms in total. The first-order chi connectivity index (χ1) is 12.7. The van der Waals surface area contributed by atoms with Gasteiger partial charge in [-0.1, -0.05) is 19.3 Å². The van der Waals surface area contributed by atoms with Crippen LogP contribution in [0.2, 0.25) is 0 Å². The maximum absolute atomic E-state index is 12.7. The quantitative estimate of drug-likeness (QED) is 0.729. The van der Waals surface area contributed by atoms with Crippen LogP contribution >= 0.6 is 0 Å². The third-order valence-electron chi connectivity index (χ3n) is 5.34. The maximum Gasteiger partial charge on any atom is 0.251 e. The van der Waals surface area contributed by atoms with E-state index in [-0.39, 0.29) is 17.6 Å². The summed E-state index contributed by atoms with van der Waals surface area (Å²) in [6.45, 7) is 1.66. The minimum atomic E-state index is -0.0993. The molecule has 3 N–H and O–H groups in total. The minimum Gasteiger partial charge on any atom is -0.493 e. The van der Waals surface area contributed by atoms with Crippen molar-refractivity contribution in [1.82, 2.24) is 5.32 Å². The van der Waals surface area contributed by atoms with E-state index in [1.54, 1.807) is 25.3 Å². The van der Waals surface area contributed by atoms with Crippen molar-refractivity contribution in [2.24, 2.45) is 5.73 Å². The molecule has 1 amide bonds. The van der Waals surface area contributed by atoms with Gasteiger partial charge in [0.2, 0.25) is 0 Å². The van der Waals surface area contributed by atoms with Crippen LogP contribution in [0.25, 0.3) is 0 Å². The molecule has 1 aliphatic carbocycles. The molecule has 144 valence electrons. The first kappa shape index (κ1) is 19.0. The lowest BCUT2D eigenvalue weighted by Gasteiger charge is -2.32. The highest BCUT2D eigenvalue weighted by Gasteiger charge is 2.41. The zero-order valence-electron chi connectivity index (χ0n) is 15.6. The van der Waals surface area contributed by atoms with Crippen molar-refractivity contribution in [3.8, 4) is 11.5 Å². The van der Waals surface area contributed by atoms with Gasteiger partial charge in [-0.05, 0) is 50.4 Å². The number of methoxy groups -OCH3 is 1. The van der Waals surface area contributed by atoms with Crippen LogP contribution in [0.4, 0.5) is 0 Å². The molecule has 1 saturated carbocycles. The van der Waals surface area contributed by atoms with Crippen LogP contribution in [0.15, 0.2) is 18.2 Å².